The third-order valence-electron chi connectivity index (χ3n) is 3.47. The molecule has 1 nitrogen and oxygen atoms in total. The Labute approximate surface area is 137 Å². The lowest BCUT2D eigenvalue weighted by atomic mass is 9.96. The fourth-order valence-electron chi connectivity index (χ4n) is 2.38. The molecule has 21 heavy (non-hydrogen) atoms. The molecule has 0 aliphatic rings. The molecule has 0 aliphatic carbocycles. The molecule has 2 rings (SSSR count). The minimum atomic E-state index is -0.491. The molecule has 0 heterocycles. The van der Waals surface area contributed by atoms with Crippen LogP contribution < -0.4 is 5.32 Å². The third kappa shape index (κ3) is 4.01. The van der Waals surface area contributed by atoms with Crippen molar-refractivity contribution in [2.24, 2.45) is 0 Å². The van der Waals surface area contributed by atoms with Crippen LogP contribution in [-0.4, -0.2) is 6.54 Å². The van der Waals surface area contributed by atoms with Crippen molar-refractivity contribution >= 4 is 22.6 Å². The van der Waals surface area contributed by atoms with Gasteiger partial charge in [-0.25, -0.2) is 8.78 Å². The van der Waals surface area contributed by atoms with Crippen LogP contribution in [0.2, 0.25) is 0 Å². The summed E-state index contributed by atoms with van der Waals surface area (Å²) in [5.74, 6) is -0.943. The molecule has 0 saturated carbocycles. The van der Waals surface area contributed by atoms with Crippen molar-refractivity contribution in [2.75, 3.05) is 6.54 Å². The van der Waals surface area contributed by atoms with Gasteiger partial charge in [0.25, 0.3) is 0 Å². The first-order valence-electron chi connectivity index (χ1n) is 6.95. The van der Waals surface area contributed by atoms with Gasteiger partial charge in [0.1, 0.15) is 11.6 Å². The van der Waals surface area contributed by atoms with Gasteiger partial charge in [0, 0.05) is 15.2 Å². The number of rotatable bonds is 5. The second-order valence-electron chi connectivity index (χ2n) is 5.03. The van der Waals surface area contributed by atoms with Gasteiger partial charge in [-0.15, -0.1) is 0 Å². The fourth-order valence-corrected chi connectivity index (χ4v) is 2.74. The average molecular weight is 401 g/mol. The monoisotopic (exact) mass is 401 g/mol. The molecule has 2 aromatic carbocycles. The summed E-state index contributed by atoms with van der Waals surface area (Å²) in [4.78, 5) is 0. The Balaban J connectivity index is 2.35. The smallest absolute Gasteiger partial charge is 0.133 e. The van der Waals surface area contributed by atoms with Crippen LogP contribution in [0.3, 0.4) is 0 Å². The molecule has 0 amide bonds. The molecule has 0 bridgehead atoms. The van der Waals surface area contributed by atoms with E-state index in [0.717, 1.165) is 9.13 Å². The van der Waals surface area contributed by atoms with E-state index in [9.17, 15) is 8.78 Å². The summed E-state index contributed by atoms with van der Waals surface area (Å²) in [6.07, 6.45) is 0.558. The molecule has 1 unspecified atom stereocenters. The van der Waals surface area contributed by atoms with Crippen molar-refractivity contribution in [3.63, 3.8) is 0 Å². The Bertz CT molecular complexity index is 611. The lowest BCUT2D eigenvalue weighted by Gasteiger charge is -2.20. The second kappa shape index (κ2) is 7.31. The fraction of sp³-hybridized carbons (Fsp3) is 0.294. The predicted molar refractivity (Wildman–Crippen MR) is 90.4 cm³/mol. The molecule has 0 aliphatic heterocycles. The quantitative estimate of drug-likeness (QED) is 0.712. The summed E-state index contributed by atoms with van der Waals surface area (Å²) in [5, 5.41) is 3.19. The number of likely N-dealkylation sites (N-methyl/N-ethyl adjacent to an activating group) is 1. The van der Waals surface area contributed by atoms with Gasteiger partial charge in [-0.05, 0) is 71.8 Å². The molecule has 0 aromatic heterocycles. The maximum Gasteiger partial charge on any atom is 0.133 e. The first-order valence-corrected chi connectivity index (χ1v) is 8.03. The van der Waals surface area contributed by atoms with Crippen molar-refractivity contribution in [3.8, 4) is 0 Å². The molecule has 4 heteroatoms. The van der Waals surface area contributed by atoms with E-state index < -0.39 is 11.6 Å². The lowest BCUT2D eigenvalue weighted by Crippen LogP contribution is -2.25. The minimum absolute atomic E-state index is 0.135. The molecule has 1 atom stereocenters. The van der Waals surface area contributed by atoms with Gasteiger partial charge in [-0.2, -0.15) is 0 Å². The van der Waals surface area contributed by atoms with Crippen LogP contribution in [0.15, 0.2) is 36.4 Å². The number of hydrogen-bond acceptors (Lipinski definition) is 1. The number of halogens is 3. The summed E-state index contributed by atoms with van der Waals surface area (Å²) in [5.41, 5.74) is 1.66. The molecule has 112 valence electrons. The van der Waals surface area contributed by atoms with Crippen molar-refractivity contribution < 1.29 is 8.78 Å². The summed E-state index contributed by atoms with van der Waals surface area (Å²) >= 11 is 2.24. The van der Waals surface area contributed by atoms with Gasteiger partial charge < -0.3 is 5.32 Å². The summed E-state index contributed by atoms with van der Waals surface area (Å²) in [6, 6.07) is 10.4. The molecule has 0 saturated heterocycles. The third-order valence-corrected chi connectivity index (χ3v) is 4.19. The van der Waals surface area contributed by atoms with Gasteiger partial charge in [0.15, 0.2) is 0 Å². The van der Waals surface area contributed by atoms with Crippen LogP contribution in [-0.2, 0) is 6.42 Å². The first-order chi connectivity index (χ1) is 10.0. The highest BCUT2D eigenvalue weighted by atomic mass is 127. The number of aryl methyl sites for hydroxylation is 1. The van der Waals surface area contributed by atoms with Crippen molar-refractivity contribution in [2.45, 2.75) is 26.3 Å². The molecule has 0 radical (unpaired) electrons. The normalized spacial score (nSPS) is 12.4. The van der Waals surface area contributed by atoms with E-state index in [4.69, 9.17) is 0 Å². The molecule has 0 fully saturated rings. The zero-order valence-corrected chi connectivity index (χ0v) is 14.2. The van der Waals surface area contributed by atoms with Crippen LogP contribution in [0, 0.1) is 22.1 Å². The van der Waals surface area contributed by atoms with E-state index in [1.54, 1.807) is 6.92 Å². The van der Waals surface area contributed by atoms with Crippen LogP contribution in [0.5, 0.6) is 0 Å². The molecule has 2 aromatic rings. The topological polar surface area (TPSA) is 12.0 Å². The van der Waals surface area contributed by atoms with E-state index in [2.05, 4.69) is 27.9 Å². The lowest BCUT2D eigenvalue weighted by molar-refractivity contribution is 0.470. The zero-order valence-electron chi connectivity index (χ0n) is 12.1. The summed E-state index contributed by atoms with van der Waals surface area (Å²) in [7, 11) is 0. The molecule has 0 spiro atoms. The maximum absolute atomic E-state index is 14.3. The van der Waals surface area contributed by atoms with E-state index in [1.165, 1.54) is 12.1 Å². The predicted octanol–water partition coefficient (Wildman–Crippen LogP) is 4.77. The van der Waals surface area contributed by atoms with E-state index in [0.29, 0.717) is 18.5 Å². The summed E-state index contributed by atoms with van der Waals surface area (Å²) < 4.78 is 29.6. The highest BCUT2D eigenvalue weighted by molar-refractivity contribution is 14.1. The van der Waals surface area contributed by atoms with Crippen molar-refractivity contribution in [1.82, 2.24) is 5.32 Å². The van der Waals surface area contributed by atoms with Crippen molar-refractivity contribution in [3.05, 3.63) is 68.3 Å². The standard InChI is InChI=1S/C17H18F2IN/c1-3-21-15(10-12-5-7-13(20)8-6-12)16-14(18)9-4-11(2)17(16)19/h4-9,15,21H,3,10H2,1-2H3. The van der Waals surface area contributed by atoms with Crippen molar-refractivity contribution in [1.29, 1.82) is 0 Å². The number of hydrogen-bond donors (Lipinski definition) is 1. The van der Waals surface area contributed by atoms with E-state index in [-0.39, 0.29) is 11.6 Å². The Kier molecular flexibility index (Phi) is 5.70. The van der Waals surface area contributed by atoms with Crippen LogP contribution >= 0.6 is 22.6 Å². The highest BCUT2D eigenvalue weighted by Gasteiger charge is 2.21. The Morgan fingerprint density at radius 1 is 1.10 bits per heavy atom. The Morgan fingerprint density at radius 3 is 2.38 bits per heavy atom. The van der Waals surface area contributed by atoms with Crippen LogP contribution in [0.25, 0.3) is 0 Å². The first kappa shape index (κ1) is 16.4. The number of nitrogens with one attached hydrogen (secondary N) is 1. The number of benzene rings is 2. The highest BCUT2D eigenvalue weighted by Crippen LogP contribution is 2.26. The van der Waals surface area contributed by atoms with Gasteiger partial charge in [0.2, 0.25) is 0 Å². The second-order valence-corrected chi connectivity index (χ2v) is 6.28. The Hall–Kier alpha value is -1.01. The van der Waals surface area contributed by atoms with Gasteiger partial charge in [-0.3, -0.25) is 0 Å². The largest absolute Gasteiger partial charge is 0.310 e. The Morgan fingerprint density at radius 2 is 1.76 bits per heavy atom. The van der Waals surface area contributed by atoms with Gasteiger partial charge in [-0.1, -0.05) is 25.1 Å². The molecular formula is C17H18F2IN. The van der Waals surface area contributed by atoms with Crippen LogP contribution in [0.1, 0.15) is 29.7 Å². The average Bonchev–Trinajstić information content (AvgIpc) is 2.46. The SMILES string of the molecule is CCNC(Cc1ccc(I)cc1)c1c(F)ccc(C)c1F. The minimum Gasteiger partial charge on any atom is -0.310 e. The molecule has 1 N–H and O–H groups in total. The van der Waals surface area contributed by atoms with E-state index in [1.807, 2.05) is 31.2 Å². The summed E-state index contributed by atoms with van der Waals surface area (Å²) in [6.45, 7) is 4.25. The maximum atomic E-state index is 14.3. The van der Waals surface area contributed by atoms with Gasteiger partial charge in [0.05, 0.1) is 0 Å². The van der Waals surface area contributed by atoms with E-state index >= 15 is 0 Å². The van der Waals surface area contributed by atoms with Gasteiger partial charge >= 0.3 is 0 Å². The molecular weight excluding hydrogens is 383 g/mol. The zero-order chi connectivity index (χ0) is 15.4. The van der Waals surface area contributed by atoms with Crippen LogP contribution in [0.4, 0.5) is 8.78 Å².